The number of anilines is 1. The van der Waals surface area contributed by atoms with Gasteiger partial charge in [-0.1, -0.05) is 17.3 Å². The number of amides is 1. The summed E-state index contributed by atoms with van der Waals surface area (Å²) < 4.78 is 4.92. The zero-order chi connectivity index (χ0) is 13.7. The maximum Gasteiger partial charge on any atom is 0.220 e. The number of aromatic nitrogens is 1. The lowest BCUT2D eigenvalue weighted by atomic mass is 10.1. The van der Waals surface area contributed by atoms with E-state index in [1.807, 2.05) is 31.2 Å². The molecule has 5 nitrogen and oxygen atoms in total. The molecule has 2 rings (SSSR count). The van der Waals surface area contributed by atoms with Crippen molar-refractivity contribution in [2.45, 2.75) is 26.3 Å². The van der Waals surface area contributed by atoms with Crippen LogP contribution in [-0.2, 0) is 17.8 Å². The number of nitrogens with zero attached hydrogens (tertiary/aromatic N) is 1. The molecule has 100 valence electrons. The highest BCUT2D eigenvalue weighted by Crippen LogP contribution is 2.08. The van der Waals surface area contributed by atoms with Gasteiger partial charge in [0.2, 0.25) is 5.91 Å². The summed E-state index contributed by atoms with van der Waals surface area (Å²) in [5, 5.41) is 6.62. The number of nitrogen functional groups attached to an aromatic ring is 1. The first-order valence-electron chi connectivity index (χ1n) is 6.17. The first-order valence-corrected chi connectivity index (χ1v) is 6.17. The maximum atomic E-state index is 11.7. The molecule has 0 bridgehead atoms. The number of aryl methyl sites for hydroxylation is 2. The molecule has 0 radical (unpaired) electrons. The van der Waals surface area contributed by atoms with E-state index in [0.29, 0.717) is 19.4 Å². The summed E-state index contributed by atoms with van der Waals surface area (Å²) in [4.78, 5) is 11.7. The van der Waals surface area contributed by atoms with Crippen LogP contribution in [0, 0.1) is 6.92 Å². The van der Waals surface area contributed by atoms with Gasteiger partial charge in [0.15, 0.2) is 0 Å². The summed E-state index contributed by atoms with van der Waals surface area (Å²) >= 11 is 0. The van der Waals surface area contributed by atoms with Crippen molar-refractivity contribution in [1.82, 2.24) is 10.5 Å². The first-order chi connectivity index (χ1) is 9.13. The second kappa shape index (κ2) is 6.04. The van der Waals surface area contributed by atoms with E-state index in [9.17, 15) is 4.79 Å². The van der Waals surface area contributed by atoms with Crippen LogP contribution >= 0.6 is 0 Å². The van der Waals surface area contributed by atoms with Gasteiger partial charge in [0.1, 0.15) is 11.5 Å². The van der Waals surface area contributed by atoms with Crippen molar-refractivity contribution in [1.29, 1.82) is 0 Å². The zero-order valence-corrected chi connectivity index (χ0v) is 10.8. The van der Waals surface area contributed by atoms with E-state index in [-0.39, 0.29) is 5.91 Å². The van der Waals surface area contributed by atoms with Gasteiger partial charge in [-0.25, -0.2) is 0 Å². The molecule has 1 heterocycles. The van der Waals surface area contributed by atoms with Crippen molar-refractivity contribution in [2.24, 2.45) is 0 Å². The number of nitrogens with one attached hydrogen (secondary N) is 1. The monoisotopic (exact) mass is 259 g/mol. The van der Waals surface area contributed by atoms with E-state index in [1.165, 1.54) is 0 Å². The fraction of sp³-hybridized carbons (Fsp3) is 0.286. The molecule has 5 heteroatoms. The predicted octanol–water partition coefficient (Wildman–Crippen LogP) is 1.81. The smallest absolute Gasteiger partial charge is 0.220 e. The summed E-state index contributed by atoms with van der Waals surface area (Å²) in [6.45, 7) is 2.21. The van der Waals surface area contributed by atoms with Crippen molar-refractivity contribution in [3.05, 3.63) is 47.3 Å². The van der Waals surface area contributed by atoms with E-state index in [4.69, 9.17) is 10.3 Å². The minimum absolute atomic E-state index is 0.0110. The first kappa shape index (κ1) is 13.1. The molecule has 0 saturated carbocycles. The van der Waals surface area contributed by atoms with Gasteiger partial charge in [-0.15, -0.1) is 0 Å². The Morgan fingerprint density at radius 2 is 2.26 bits per heavy atom. The van der Waals surface area contributed by atoms with Gasteiger partial charge in [0.25, 0.3) is 0 Å². The fourth-order valence-electron chi connectivity index (χ4n) is 1.79. The molecular weight excluding hydrogens is 242 g/mol. The summed E-state index contributed by atoms with van der Waals surface area (Å²) in [7, 11) is 0. The maximum absolute atomic E-state index is 11.7. The number of rotatable bonds is 5. The van der Waals surface area contributed by atoms with Crippen LogP contribution in [0.3, 0.4) is 0 Å². The highest BCUT2D eigenvalue weighted by atomic mass is 16.5. The van der Waals surface area contributed by atoms with Crippen molar-refractivity contribution < 1.29 is 9.32 Å². The Morgan fingerprint density at radius 1 is 1.42 bits per heavy atom. The normalized spacial score (nSPS) is 10.4. The Bertz CT molecular complexity index is 563. The third kappa shape index (κ3) is 4.13. The van der Waals surface area contributed by atoms with Crippen LogP contribution in [0.1, 0.15) is 23.4 Å². The predicted molar refractivity (Wildman–Crippen MR) is 72.3 cm³/mol. The highest BCUT2D eigenvalue weighted by Gasteiger charge is 2.05. The molecule has 0 aliphatic carbocycles. The second-order valence-corrected chi connectivity index (χ2v) is 4.45. The Kier molecular flexibility index (Phi) is 4.18. The van der Waals surface area contributed by atoms with Crippen molar-refractivity contribution in [3.63, 3.8) is 0 Å². The van der Waals surface area contributed by atoms with Gasteiger partial charge in [-0.3, -0.25) is 4.79 Å². The van der Waals surface area contributed by atoms with Crippen molar-refractivity contribution >= 4 is 11.6 Å². The third-order valence-corrected chi connectivity index (χ3v) is 2.74. The molecule has 2 aromatic rings. The Balaban J connectivity index is 1.75. The lowest BCUT2D eigenvalue weighted by Crippen LogP contribution is -2.23. The molecule has 19 heavy (non-hydrogen) atoms. The number of nitrogens with two attached hydrogens (primary N) is 1. The minimum atomic E-state index is -0.0110. The molecule has 3 N–H and O–H groups in total. The van der Waals surface area contributed by atoms with Crippen molar-refractivity contribution in [2.75, 3.05) is 5.73 Å². The SMILES string of the molecule is Cc1cc(CNC(=O)CCc2cccc(N)c2)no1. The van der Waals surface area contributed by atoms with Crippen LogP contribution in [0.25, 0.3) is 0 Å². The Morgan fingerprint density at radius 3 is 2.95 bits per heavy atom. The van der Waals surface area contributed by atoms with Gasteiger partial charge in [-0.05, 0) is 31.0 Å². The number of carbonyl (C=O) groups excluding carboxylic acids is 1. The number of carbonyl (C=O) groups is 1. The van der Waals surface area contributed by atoms with E-state index in [2.05, 4.69) is 10.5 Å². The largest absolute Gasteiger partial charge is 0.399 e. The van der Waals surface area contributed by atoms with Gasteiger partial charge in [0.05, 0.1) is 6.54 Å². The van der Waals surface area contributed by atoms with E-state index < -0.39 is 0 Å². The van der Waals surface area contributed by atoms with Crippen LogP contribution in [0.5, 0.6) is 0 Å². The number of hydrogen-bond donors (Lipinski definition) is 2. The van der Waals surface area contributed by atoms with Gasteiger partial charge >= 0.3 is 0 Å². The van der Waals surface area contributed by atoms with Crippen LogP contribution in [0.2, 0.25) is 0 Å². The Labute approximate surface area is 111 Å². The summed E-state index contributed by atoms with van der Waals surface area (Å²) in [5.41, 5.74) is 8.19. The molecule has 0 aliphatic rings. The second-order valence-electron chi connectivity index (χ2n) is 4.45. The molecule has 1 amide bonds. The topological polar surface area (TPSA) is 81.2 Å². The lowest BCUT2D eigenvalue weighted by molar-refractivity contribution is -0.121. The van der Waals surface area contributed by atoms with E-state index in [1.54, 1.807) is 6.07 Å². The molecule has 0 spiro atoms. The summed E-state index contributed by atoms with van der Waals surface area (Å²) in [5.74, 6) is 0.729. The van der Waals surface area contributed by atoms with Crippen LogP contribution < -0.4 is 11.1 Å². The van der Waals surface area contributed by atoms with Crippen LogP contribution in [-0.4, -0.2) is 11.1 Å². The average molecular weight is 259 g/mol. The van der Waals surface area contributed by atoms with E-state index >= 15 is 0 Å². The third-order valence-electron chi connectivity index (χ3n) is 2.74. The van der Waals surface area contributed by atoms with Gasteiger partial charge in [-0.2, -0.15) is 0 Å². The molecule has 0 atom stereocenters. The standard InChI is InChI=1S/C14H17N3O2/c1-10-7-13(17-19-10)9-16-14(18)6-5-11-3-2-4-12(15)8-11/h2-4,7-8H,5-6,9,15H2,1H3,(H,16,18). The van der Waals surface area contributed by atoms with Crippen LogP contribution in [0.15, 0.2) is 34.9 Å². The zero-order valence-electron chi connectivity index (χ0n) is 10.8. The lowest BCUT2D eigenvalue weighted by Gasteiger charge is -2.04. The van der Waals surface area contributed by atoms with Crippen LogP contribution in [0.4, 0.5) is 5.69 Å². The molecule has 1 aromatic carbocycles. The Hall–Kier alpha value is -2.30. The number of hydrogen-bond acceptors (Lipinski definition) is 4. The van der Waals surface area contributed by atoms with Crippen molar-refractivity contribution in [3.8, 4) is 0 Å². The number of benzene rings is 1. The highest BCUT2D eigenvalue weighted by molar-refractivity contribution is 5.76. The quantitative estimate of drug-likeness (QED) is 0.802. The summed E-state index contributed by atoms with van der Waals surface area (Å²) in [6, 6.07) is 9.37. The van der Waals surface area contributed by atoms with Gasteiger partial charge < -0.3 is 15.6 Å². The fourth-order valence-corrected chi connectivity index (χ4v) is 1.79. The molecular formula is C14H17N3O2. The molecule has 1 aromatic heterocycles. The average Bonchev–Trinajstić information content (AvgIpc) is 2.80. The molecule has 0 unspecified atom stereocenters. The van der Waals surface area contributed by atoms with E-state index in [0.717, 1.165) is 22.7 Å². The minimum Gasteiger partial charge on any atom is -0.399 e. The van der Waals surface area contributed by atoms with Gasteiger partial charge in [0, 0.05) is 18.2 Å². The molecule has 0 fully saturated rings. The molecule has 0 aliphatic heterocycles. The summed E-state index contributed by atoms with van der Waals surface area (Å²) in [6.07, 6.45) is 1.11. The molecule has 0 saturated heterocycles.